The molecule has 0 aromatic rings. The molecule has 0 aliphatic heterocycles. The molecule has 218 valence electrons. The van der Waals surface area contributed by atoms with Gasteiger partial charge in [0.2, 0.25) is 0 Å². The highest BCUT2D eigenvalue weighted by atomic mass is 14.3. The minimum atomic E-state index is 0.296. The Labute approximate surface area is 248 Å². The summed E-state index contributed by atoms with van der Waals surface area (Å²) in [7, 11) is 0. The maximum Gasteiger partial charge on any atom is -0.0104 e. The average molecular weight is 539 g/mol. The smallest absolute Gasteiger partial charge is 0.0104 e. The fourth-order valence-corrected chi connectivity index (χ4v) is 5.96. The van der Waals surface area contributed by atoms with Crippen LogP contribution in [0.5, 0.6) is 0 Å². The molecule has 0 aromatic heterocycles. The summed E-state index contributed by atoms with van der Waals surface area (Å²) in [6.07, 6.45) is 37.9. The Morgan fingerprint density at radius 2 is 1.12 bits per heavy atom. The van der Waals surface area contributed by atoms with Crippen LogP contribution in [0.25, 0.3) is 0 Å². The van der Waals surface area contributed by atoms with Crippen LogP contribution < -0.4 is 0 Å². The van der Waals surface area contributed by atoms with E-state index in [-0.39, 0.29) is 0 Å². The van der Waals surface area contributed by atoms with E-state index in [0.29, 0.717) is 16.7 Å². The van der Waals surface area contributed by atoms with Crippen molar-refractivity contribution in [1.82, 2.24) is 0 Å². The third-order valence-electron chi connectivity index (χ3n) is 8.63. The molecule has 0 aromatic carbocycles. The topological polar surface area (TPSA) is 0 Å². The van der Waals surface area contributed by atoms with Gasteiger partial charge in [-0.1, -0.05) is 141 Å². The first kappa shape index (κ1) is 33.6. The summed E-state index contributed by atoms with van der Waals surface area (Å²) < 4.78 is 0. The Kier molecular flexibility index (Phi) is 13.4. The quantitative estimate of drug-likeness (QED) is 0.229. The lowest BCUT2D eigenvalue weighted by molar-refractivity contribution is 0.376. The van der Waals surface area contributed by atoms with Crippen LogP contribution in [0.1, 0.15) is 114 Å². The summed E-state index contributed by atoms with van der Waals surface area (Å²) in [4.78, 5) is 0. The third-order valence-corrected chi connectivity index (χ3v) is 8.63. The summed E-state index contributed by atoms with van der Waals surface area (Å²) >= 11 is 0. The highest BCUT2D eigenvalue weighted by molar-refractivity contribution is 5.38. The van der Waals surface area contributed by atoms with Gasteiger partial charge in [-0.3, -0.25) is 0 Å². The van der Waals surface area contributed by atoms with Crippen LogP contribution in [-0.4, -0.2) is 0 Å². The van der Waals surface area contributed by atoms with Crippen molar-refractivity contribution < 1.29 is 0 Å². The van der Waals surface area contributed by atoms with Crippen molar-refractivity contribution in [3.05, 3.63) is 118 Å². The summed E-state index contributed by atoms with van der Waals surface area (Å²) in [6.45, 7) is 22.9. The molecular weight excluding hydrogens is 480 g/mol. The van der Waals surface area contributed by atoms with Gasteiger partial charge in [-0.15, -0.1) is 0 Å². The number of rotatable bonds is 11. The van der Waals surface area contributed by atoms with Gasteiger partial charge in [-0.2, -0.15) is 0 Å². The Balaban J connectivity index is 1.82. The molecule has 2 aliphatic rings. The highest BCUT2D eigenvalue weighted by Gasteiger charge is 2.27. The fourth-order valence-electron chi connectivity index (χ4n) is 5.96. The SMILES string of the molecule is CC1=C(/C=C/C(C)=C\C=C\[C@H](C)C/C=C/C=C(C)/C=C/C=C(C)/C=C/C2=C(C)CCCC2(C)C)C(C)(C)CCC1. The van der Waals surface area contributed by atoms with E-state index in [2.05, 4.69) is 148 Å². The fraction of sp³-hybridized carbons (Fsp3) is 0.500. The van der Waals surface area contributed by atoms with Crippen LogP contribution in [-0.2, 0) is 0 Å². The molecule has 0 spiro atoms. The van der Waals surface area contributed by atoms with Crippen LogP contribution in [0.4, 0.5) is 0 Å². The first-order valence-corrected chi connectivity index (χ1v) is 15.6. The summed E-state index contributed by atoms with van der Waals surface area (Å²) in [6, 6.07) is 0. The van der Waals surface area contributed by atoms with Crippen molar-refractivity contribution in [3.63, 3.8) is 0 Å². The molecule has 2 aliphatic carbocycles. The van der Waals surface area contributed by atoms with Gasteiger partial charge in [0.15, 0.2) is 0 Å². The highest BCUT2D eigenvalue weighted by Crippen LogP contribution is 2.41. The Morgan fingerprint density at radius 1 is 0.675 bits per heavy atom. The van der Waals surface area contributed by atoms with E-state index in [0.717, 1.165) is 6.42 Å². The van der Waals surface area contributed by atoms with Gasteiger partial charge in [0.25, 0.3) is 0 Å². The maximum absolute atomic E-state index is 2.38. The zero-order valence-electron chi connectivity index (χ0n) is 27.5. The molecule has 0 heteroatoms. The van der Waals surface area contributed by atoms with Crippen LogP contribution in [0.3, 0.4) is 0 Å². The average Bonchev–Trinajstić information content (AvgIpc) is 2.85. The molecular formula is C40H58. The molecule has 0 bridgehead atoms. The lowest BCUT2D eigenvalue weighted by atomic mass is 9.72. The number of allylic oxidation sites excluding steroid dienone is 20. The second-order valence-electron chi connectivity index (χ2n) is 13.6. The molecule has 0 radical (unpaired) electrons. The van der Waals surface area contributed by atoms with Gasteiger partial charge < -0.3 is 0 Å². The van der Waals surface area contributed by atoms with Crippen LogP contribution in [0.15, 0.2) is 118 Å². The van der Waals surface area contributed by atoms with Crippen molar-refractivity contribution >= 4 is 0 Å². The first-order valence-electron chi connectivity index (χ1n) is 15.6. The largest absolute Gasteiger partial charge is 0.0840 e. The Hall–Kier alpha value is -2.60. The maximum atomic E-state index is 2.38. The summed E-state index contributed by atoms with van der Waals surface area (Å²) in [5.41, 5.74) is 10.6. The summed E-state index contributed by atoms with van der Waals surface area (Å²) in [5, 5.41) is 0. The van der Waals surface area contributed by atoms with E-state index in [9.17, 15) is 0 Å². The molecule has 40 heavy (non-hydrogen) atoms. The predicted octanol–water partition coefficient (Wildman–Crippen LogP) is 12.7. The first-order chi connectivity index (χ1) is 18.8. The predicted molar refractivity (Wildman–Crippen MR) is 181 cm³/mol. The molecule has 0 fully saturated rings. The van der Waals surface area contributed by atoms with E-state index in [1.54, 1.807) is 11.1 Å². The van der Waals surface area contributed by atoms with Crippen LogP contribution >= 0.6 is 0 Å². The van der Waals surface area contributed by atoms with Crippen LogP contribution in [0, 0.1) is 16.7 Å². The second kappa shape index (κ2) is 16.0. The Bertz CT molecular complexity index is 1150. The van der Waals surface area contributed by atoms with Gasteiger partial charge >= 0.3 is 0 Å². The Morgan fingerprint density at radius 3 is 1.62 bits per heavy atom. The van der Waals surface area contributed by atoms with Crippen molar-refractivity contribution in [2.45, 2.75) is 114 Å². The van der Waals surface area contributed by atoms with E-state index >= 15 is 0 Å². The molecule has 2 rings (SSSR count). The zero-order valence-corrected chi connectivity index (χ0v) is 27.5. The van der Waals surface area contributed by atoms with Gasteiger partial charge in [-0.25, -0.2) is 0 Å². The molecule has 0 N–H and O–H groups in total. The molecule has 0 unspecified atom stereocenters. The standard InChI is InChI=1S/C40H58/c1-31(19-13-21-33(3)25-27-37-35(5)23-15-29-39(37,7)8)17-11-12-18-32(2)20-14-22-34(4)26-28-38-36(6)24-16-30-40(38,9)10/h11-14,17,19-22,25-28,32H,15-16,18,23-24,29-30H2,1-10H3/b12-11+,19-13+,20-14+,27-25+,28-26+,31-17+,33-21+,34-22-/t32-/m1/s1. The molecule has 1 atom stereocenters. The summed E-state index contributed by atoms with van der Waals surface area (Å²) in [5.74, 6) is 0.515. The van der Waals surface area contributed by atoms with Gasteiger partial charge in [-0.05, 0) is 107 Å². The van der Waals surface area contributed by atoms with E-state index < -0.39 is 0 Å². The zero-order chi connectivity index (χ0) is 29.8. The minimum absolute atomic E-state index is 0.296. The monoisotopic (exact) mass is 538 g/mol. The number of hydrogen-bond acceptors (Lipinski definition) is 0. The molecule has 0 amide bonds. The molecule has 0 saturated carbocycles. The van der Waals surface area contributed by atoms with E-state index in [4.69, 9.17) is 0 Å². The molecule has 0 saturated heterocycles. The second-order valence-corrected chi connectivity index (χ2v) is 13.6. The third kappa shape index (κ3) is 11.5. The van der Waals surface area contributed by atoms with Crippen molar-refractivity contribution in [2.75, 3.05) is 0 Å². The van der Waals surface area contributed by atoms with Crippen molar-refractivity contribution in [3.8, 4) is 0 Å². The van der Waals surface area contributed by atoms with Crippen LogP contribution in [0.2, 0.25) is 0 Å². The van der Waals surface area contributed by atoms with Crippen molar-refractivity contribution in [1.29, 1.82) is 0 Å². The van der Waals surface area contributed by atoms with Crippen molar-refractivity contribution in [2.24, 2.45) is 16.7 Å². The minimum Gasteiger partial charge on any atom is -0.0840 e. The lowest BCUT2D eigenvalue weighted by Gasteiger charge is -2.33. The van der Waals surface area contributed by atoms with E-state index in [1.807, 2.05) is 0 Å². The normalized spacial score (nSPS) is 22.3. The van der Waals surface area contributed by atoms with Gasteiger partial charge in [0.1, 0.15) is 0 Å². The van der Waals surface area contributed by atoms with Gasteiger partial charge in [0, 0.05) is 0 Å². The lowest BCUT2D eigenvalue weighted by Crippen LogP contribution is -2.19. The molecule has 0 nitrogen and oxygen atoms in total. The van der Waals surface area contributed by atoms with E-state index in [1.165, 1.54) is 66.4 Å². The molecule has 0 heterocycles. The van der Waals surface area contributed by atoms with Gasteiger partial charge in [0.05, 0.1) is 0 Å². The number of hydrogen-bond donors (Lipinski definition) is 0.